The maximum atomic E-state index is 11.9. The summed E-state index contributed by atoms with van der Waals surface area (Å²) in [6.45, 7) is -0.254. The number of pyridine rings is 1. The first kappa shape index (κ1) is 19.8. The number of rotatable bonds is 7. The zero-order valence-electron chi connectivity index (χ0n) is 13.2. The van der Waals surface area contributed by atoms with Crippen molar-refractivity contribution in [3.05, 3.63) is 35.0 Å². The van der Waals surface area contributed by atoms with Crippen molar-refractivity contribution in [3.8, 4) is 0 Å². The Balaban J connectivity index is 0.00000208. The fraction of sp³-hybridized carbons (Fsp3) is 0.400. The van der Waals surface area contributed by atoms with Gasteiger partial charge in [0.05, 0.1) is 29.2 Å². The van der Waals surface area contributed by atoms with E-state index in [1.807, 2.05) is 18.2 Å². The number of aromatic nitrogens is 1. The molecular formula is C15H15N2NaO4S2. The van der Waals surface area contributed by atoms with E-state index in [0.29, 0.717) is 11.3 Å². The molecule has 24 heavy (non-hydrogen) atoms. The van der Waals surface area contributed by atoms with Crippen LogP contribution in [0.15, 0.2) is 40.0 Å². The third-order valence-electron chi connectivity index (χ3n) is 3.75. The molecule has 1 saturated heterocycles. The summed E-state index contributed by atoms with van der Waals surface area (Å²) >= 11 is 2.97. The zero-order valence-corrected chi connectivity index (χ0v) is 16.8. The molecule has 0 saturated carbocycles. The molecule has 0 spiro atoms. The molecule has 2 aliphatic rings. The van der Waals surface area contributed by atoms with Gasteiger partial charge in [-0.2, -0.15) is 0 Å². The van der Waals surface area contributed by atoms with Gasteiger partial charge in [-0.05, 0) is 30.7 Å². The van der Waals surface area contributed by atoms with Gasteiger partial charge in [0.25, 0.3) is 0 Å². The number of β-lactam (4-membered cyclic amide) rings is 1. The Morgan fingerprint density at radius 1 is 1.46 bits per heavy atom. The molecule has 1 fully saturated rings. The maximum Gasteiger partial charge on any atom is 1.00 e. The van der Waals surface area contributed by atoms with Gasteiger partial charge < -0.3 is 15.0 Å². The van der Waals surface area contributed by atoms with E-state index >= 15 is 0 Å². The molecule has 0 bridgehead atoms. The number of aliphatic carboxylic acids is 1. The van der Waals surface area contributed by atoms with E-state index in [-0.39, 0.29) is 53.1 Å². The predicted octanol–water partition coefficient (Wildman–Crippen LogP) is -2.56. The molecular weight excluding hydrogens is 359 g/mol. The van der Waals surface area contributed by atoms with Crippen LogP contribution in [0.5, 0.6) is 0 Å². The van der Waals surface area contributed by atoms with E-state index in [4.69, 9.17) is 0 Å². The van der Waals surface area contributed by atoms with Crippen molar-refractivity contribution >= 4 is 35.4 Å². The summed E-state index contributed by atoms with van der Waals surface area (Å²) in [6.07, 6.45) is 3.09. The number of hydrogen-bond donors (Lipinski definition) is 1. The topological polar surface area (TPSA) is 93.6 Å². The SMILES string of the molecule is O=C([O-])C1=C(CCCSc2ccccn2)S[C@@H]2[C@@H](CO)C(=O)N12.[Na+]. The molecule has 1 N–H and O–H groups in total. The second-order valence-corrected chi connectivity index (χ2v) is 7.51. The summed E-state index contributed by atoms with van der Waals surface area (Å²) in [4.78, 5) is 29.3. The van der Waals surface area contributed by atoms with Crippen LogP contribution >= 0.6 is 23.5 Å². The second-order valence-electron chi connectivity index (χ2n) is 5.18. The Kier molecular flexibility index (Phi) is 7.21. The van der Waals surface area contributed by atoms with Crippen molar-refractivity contribution in [1.82, 2.24) is 9.88 Å². The second kappa shape index (κ2) is 8.73. The van der Waals surface area contributed by atoms with Gasteiger partial charge in [-0.1, -0.05) is 6.07 Å². The van der Waals surface area contributed by atoms with E-state index in [2.05, 4.69) is 4.98 Å². The third-order valence-corrected chi connectivity index (χ3v) is 6.24. The van der Waals surface area contributed by atoms with Gasteiger partial charge in [0, 0.05) is 11.1 Å². The van der Waals surface area contributed by atoms with Gasteiger partial charge in [0.2, 0.25) is 5.91 Å². The van der Waals surface area contributed by atoms with E-state index in [0.717, 1.165) is 17.2 Å². The number of allylic oxidation sites excluding steroid dienone is 1. The minimum absolute atomic E-state index is 0. The van der Waals surface area contributed by atoms with Gasteiger partial charge in [0.1, 0.15) is 5.37 Å². The predicted molar refractivity (Wildman–Crippen MR) is 85.0 cm³/mol. The summed E-state index contributed by atoms with van der Waals surface area (Å²) < 4.78 is 0. The number of amides is 1. The Morgan fingerprint density at radius 2 is 2.25 bits per heavy atom. The van der Waals surface area contributed by atoms with Crippen molar-refractivity contribution in [3.63, 3.8) is 0 Å². The summed E-state index contributed by atoms with van der Waals surface area (Å²) in [5.41, 5.74) is -0.0162. The van der Waals surface area contributed by atoms with Crippen LogP contribution in [-0.2, 0) is 9.59 Å². The van der Waals surface area contributed by atoms with Gasteiger partial charge in [-0.3, -0.25) is 9.69 Å². The van der Waals surface area contributed by atoms with E-state index < -0.39 is 11.9 Å². The van der Waals surface area contributed by atoms with Gasteiger partial charge >= 0.3 is 29.6 Å². The number of carboxylic acids is 1. The largest absolute Gasteiger partial charge is 1.00 e. The molecule has 9 heteroatoms. The smallest absolute Gasteiger partial charge is 0.543 e. The molecule has 6 nitrogen and oxygen atoms in total. The number of carboxylic acid groups (broad SMARTS) is 1. The van der Waals surface area contributed by atoms with Crippen molar-refractivity contribution in [2.75, 3.05) is 12.4 Å². The first-order valence-corrected chi connectivity index (χ1v) is 9.09. The van der Waals surface area contributed by atoms with Gasteiger partial charge in [-0.25, -0.2) is 4.98 Å². The van der Waals surface area contributed by atoms with Crippen LogP contribution in [0.2, 0.25) is 0 Å². The molecule has 1 aromatic heterocycles. The van der Waals surface area contributed by atoms with Crippen molar-refractivity contribution in [1.29, 1.82) is 0 Å². The van der Waals surface area contributed by atoms with Crippen molar-refractivity contribution in [2.24, 2.45) is 5.92 Å². The molecule has 1 amide bonds. The first-order chi connectivity index (χ1) is 11.1. The zero-order chi connectivity index (χ0) is 16.4. The molecule has 3 heterocycles. The van der Waals surface area contributed by atoms with Crippen molar-refractivity contribution in [2.45, 2.75) is 23.2 Å². The van der Waals surface area contributed by atoms with Gasteiger partial charge in [0.15, 0.2) is 0 Å². The minimum atomic E-state index is -1.32. The number of carbonyl (C=O) groups excluding carboxylic acids is 2. The molecule has 3 rings (SSSR count). The van der Waals surface area contributed by atoms with Gasteiger partial charge in [-0.15, -0.1) is 23.5 Å². The van der Waals surface area contributed by atoms with Crippen LogP contribution in [0.3, 0.4) is 0 Å². The first-order valence-electron chi connectivity index (χ1n) is 7.22. The molecule has 0 unspecified atom stereocenters. The Labute approximate surface area is 170 Å². The molecule has 0 radical (unpaired) electrons. The fourth-order valence-electron chi connectivity index (χ4n) is 2.63. The summed E-state index contributed by atoms with van der Waals surface area (Å²) in [6, 6.07) is 5.71. The number of aliphatic hydroxyl groups excluding tert-OH is 1. The standard InChI is InChI=1S/C15H16N2O4S2.Na/c18-8-9-13(19)17-12(15(20)21)10(23-14(9)17)4-3-7-22-11-5-1-2-6-16-11;/h1-2,5-6,9,14,18H,3-4,7-8H2,(H,20,21);/q;+1/p-1/t9-,14+;/m0./s1. The van der Waals surface area contributed by atoms with E-state index in [9.17, 15) is 19.8 Å². The van der Waals surface area contributed by atoms with E-state index in [1.54, 1.807) is 18.0 Å². The Bertz CT molecular complexity index is 656. The monoisotopic (exact) mass is 374 g/mol. The fourth-order valence-corrected chi connectivity index (χ4v) is 4.97. The molecule has 122 valence electrons. The number of thioether (sulfide) groups is 2. The van der Waals surface area contributed by atoms with Crippen LogP contribution in [-0.4, -0.2) is 44.6 Å². The van der Waals surface area contributed by atoms with E-state index in [1.165, 1.54) is 16.7 Å². The van der Waals surface area contributed by atoms with Crippen LogP contribution in [0.25, 0.3) is 0 Å². The molecule has 1 aromatic rings. The average Bonchev–Trinajstić information content (AvgIpc) is 2.88. The molecule has 0 aliphatic carbocycles. The number of hydrogen-bond acceptors (Lipinski definition) is 7. The Morgan fingerprint density at radius 3 is 2.88 bits per heavy atom. The van der Waals surface area contributed by atoms with Crippen LogP contribution < -0.4 is 34.7 Å². The number of fused-ring (bicyclic) bond motifs is 1. The molecule has 2 aliphatic heterocycles. The van der Waals surface area contributed by atoms with Crippen LogP contribution in [0.1, 0.15) is 12.8 Å². The summed E-state index contributed by atoms with van der Waals surface area (Å²) in [5.74, 6) is -1.35. The summed E-state index contributed by atoms with van der Waals surface area (Å²) in [5, 5.41) is 21.2. The minimum Gasteiger partial charge on any atom is -0.543 e. The van der Waals surface area contributed by atoms with Crippen molar-refractivity contribution < 1.29 is 49.4 Å². The number of carbonyl (C=O) groups is 2. The molecule has 0 aromatic carbocycles. The number of aliphatic hydroxyl groups is 1. The number of nitrogens with zero attached hydrogens (tertiary/aromatic N) is 2. The maximum absolute atomic E-state index is 11.9. The third kappa shape index (κ3) is 3.84. The van der Waals surface area contributed by atoms with Crippen LogP contribution in [0.4, 0.5) is 0 Å². The summed E-state index contributed by atoms with van der Waals surface area (Å²) in [7, 11) is 0. The Hall–Kier alpha value is -0.510. The average molecular weight is 374 g/mol. The normalized spacial score (nSPS) is 22.0. The quantitative estimate of drug-likeness (QED) is 0.243. The molecule has 2 atom stereocenters. The van der Waals surface area contributed by atoms with Crippen LogP contribution in [0, 0.1) is 5.92 Å².